The van der Waals surface area contributed by atoms with Crippen molar-refractivity contribution < 1.29 is 4.39 Å². The molecule has 0 aliphatic heterocycles. The second kappa shape index (κ2) is 6.07. The van der Waals surface area contributed by atoms with Crippen molar-refractivity contribution in [3.8, 4) is 6.07 Å². The van der Waals surface area contributed by atoms with E-state index in [1.165, 1.54) is 12.4 Å². The van der Waals surface area contributed by atoms with Crippen molar-refractivity contribution in [2.24, 2.45) is 0 Å². The lowest BCUT2D eigenvalue weighted by Crippen LogP contribution is -2.23. The smallest absolute Gasteiger partial charge is 0.140 e. The summed E-state index contributed by atoms with van der Waals surface area (Å²) in [6, 6.07) is 6.46. The number of hydrogen-bond acceptors (Lipinski definition) is 4. The molecule has 6 heteroatoms. The van der Waals surface area contributed by atoms with Crippen LogP contribution >= 0.6 is 0 Å². The van der Waals surface area contributed by atoms with Gasteiger partial charge in [0, 0.05) is 13.1 Å². The van der Waals surface area contributed by atoms with E-state index in [-0.39, 0.29) is 5.56 Å². The first-order chi connectivity index (χ1) is 9.19. The van der Waals surface area contributed by atoms with E-state index >= 15 is 0 Å². The first kappa shape index (κ1) is 13.2. The molecule has 1 heterocycles. The van der Waals surface area contributed by atoms with Gasteiger partial charge in [0.25, 0.3) is 0 Å². The molecule has 0 N–H and O–H groups in total. The zero-order valence-electron chi connectivity index (χ0n) is 10.6. The van der Waals surface area contributed by atoms with Crippen LogP contribution in [0.3, 0.4) is 0 Å². The lowest BCUT2D eigenvalue weighted by molar-refractivity contribution is 0.305. The molecule has 2 aromatic rings. The Morgan fingerprint density at radius 3 is 3.00 bits per heavy atom. The Morgan fingerprint density at radius 1 is 1.47 bits per heavy atom. The molecule has 98 valence electrons. The third-order valence-corrected chi connectivity index (χ3v) is 2.78. The summed E-state index contributed by atoms with van der Waals surface area (Å²) in [5, 5.41) is 12.8. The van der Waals surface area contributed by atoms with Crippen LogP contribution in [-0.2, 0) is 13.1 Å². The minimum atomic E-state index is -0.475. The van der Waals surface area contributed by atoms with Crippen LogP contribution in [-0.4, -0.2) is 33.3 Å². The van der Waals surface area contributed by atoms with Gasteiger partial charge in [0.1, 0.15) is 24.5 Å². The molecule has 0 unspecified atom stereocenters. The van der Waals surface area contributed by atoms with Gasteiger partial charge in [-0.1, -0.05) is 6.07 Å². The van der Waals surface area contributed by atoms with Crippen molar-refractivity contribution in [1.82, 2.24) is 19.7 Å². The molecule has 0 amide bonds. The zero-order valence-corrected chi connectivity index (χ0v) is 10.6. The van der Waals surface area contributed by atoms with Gasteiger partial charge in [-0.05, 0) is 24.7 Å². The van der Waals surface area contributed by atoms with Crippen molar-refractivity contribution in [2.45, 2.75) is 13.1 Å². The van der Waals surface area contributed by atoms with Gasteiger partial charge in [-0.2, -0.15) is 10.4 Å². The number of nitrogens with zero attached hydrogens (tertiary/aromatic N) is 5. The number of halogens is 1. The maximum atomic E-state index is 13.2. The van der Waals surface area contributed by atoms with Gasteiger partial charge in [0.2, 0.25) is 0 Å². The van der Waals surface area contributed by atoms with E-state index in [4.69, 9.17) is 5.26 Å². The summed E-state index contributed by atoms with van der Waals surface area (Å²) in [5.74, 6) is -0.475. The van der Waals surface area contributed by atoms with Crippen molar-refractivity contribution in [3.05, 3.63) is 47.8 Å². The van der Waals surface area contributed by atoms with Crippen LogP contribution in [0.25, 0.3) is 0 Å². The highest BCUT2D eigenvalue weighted by Crippen LogP contribution is 2.11. The molecule has 0 spiro atoms. The van der Waals surface area contributed by atoms with Gasteiger partial charge >= 0.3 is 0 Å². The Balaban J connectivity index is 1.91. The van der Waals surface area contributed by atoms with Crippen LogP contribution in [0.5, 0.6) is 0 Å². The minimum absolute atomic E-state index is 0.0853. The minimum Gasteiger partial charge on any atom is -0.300 e. The van der Waals surface area contributed by atoms with Crippen molar-refractivity contribution in [2.75, 3.05) is 13.6 Å². The van der Waals surface area contributed by atoms with Crippen LogP contribution in [0, 0.1) is 17.1 Å². The largest absolute Gasteiger partial charge is 0.300 e. The highest BCUT2D eigenvalue weighted by atomic mass is 19.1. The molecule has 0 radical (unpaired) electrons. The number of nitriles is 1. The molecule has 0 saturated heterocycles. The number of benzene rings is 1. The monoisotopic (exact) mass is 259 g/mol. The van der Waals surface area contributed by atoms with Crippen LogP contribution < -0.4 is 0 Å². The quantitative estimate of drug-likeness (QED) is 0.815. The predicted molar refractivity (Wildman–Crippen MR) is 67.5 cm³/mol. The number of likely N-dealkylation sites (N-methyl/N-ethyl adjacent to an activating group) is 1. The highest BCUT2D eigenvalue weighted by molar-refractivity contribution is 5.34. The van der Waals surface area contributed by atoms with Gasteiger partial charge in [0.15, 0.2) is 0 Å². The molecule has 0 bridgehead atoms. The summed E-state index contributed by atoms with van der Waals surface area (Å²) < 4.78 is 14.9. The lowest BCUT2D eigenvalue weighted by atomic mass is 10.1. The molecule has 0 atom stereocenters. The summed E-state index contributed by atoms with van der Waals surface area (Å²) in [4.78, 5) is 5.95. The van der Waals surface area contributed by atoms with Gasteiger partial charge < -0.3 is 4.90 Å². The second-order valence-electron chi connectivity index (χ2n) is 4.32. The topological polar surface area (TPSA) is 57.7 Å². The molecule has 2 rings (SSSR count). The first-order valence-corrected chi connectivity index (χ1v) is 5.88. The molecule has 1 aromatic heterocycles. The van der Waals surface area contributed by atoms with Gasteiger partial charge in [-0.15, -0.1) is 0 Å². The maximum absolute atomic E-state index is 13.2. The fraction of sp³-hybridized carbons (Fsp3) is 0.308. The Morgan fingerprint density at radius 2 is 2.32 bits per heavy atom. The van der Waals surface area contributed by atoms with E-state index in [1.54, 1.807) is 23.1 Å². The van der Waals surface area contributed by atoms with Crippen molar-refractivity contribution in [1.29, 1.82) is 5.26 Å². The van der Waals surface area contributed by atoms with Crippen molar-refractivity contribution in [3.63, 3.8) is 0 Å². The van der Waals surface area contributed by atoms with Gasteiger partial charge in [0.05, 0.1) is 12.1 Å². The summed E-state index contributed by atoms with van der Waals surface area (Å²) in [6.45, 7) is 2.19. The lowest BCUT2D eigenvalue weighted by Gasteiger charge is -2.16. The molecule has 19 heavy (non-hydrogen) atoms. The fourth-order valence-electron chi connectivity index (χ4n) is 1.77. The van der Waals surface area contributed by atoms with Gasteiger partial charge in [-0.25, -0.2) is 9.37 Å². The van der Waals surface area contributed by atoms with Crippen LogP contribution in [0.1, 0.15) is 11.1 Å². The number of rotatable bonds is 5. The number of hydrogen-bond donors (Lipinski definition) is 0. The Hall–Kier alpha value is -2.26. The van der Waals surface area contributed by atoms with Crippen LogP contribution in [0.15, 0.2) is 30.9 Å². The molecular formula is C13H14FN5. The maximum Gasteiger partial charge on any atom is 0.140 e. The van der Waals surface area contributed by atoms with Crippen LogP contribution in [0.4, 0.5) is 4.39 Å². The Bertz CT molecular complexity index is 573. The summed E-state index contributed by atoms with van der Waals surface area (Å²) >= 11 is 0. The molecule has 5 nitrogen and oxygen atoms in total. The van der Waals surface area contributed by atoms with E-state index in [1.807, 2.05) is 13.1 Å². The highest BCUT2D eigenvalue weighted by Gasteiger charge is 2.05. The molecular weight excluding hydrogens is 245 g/mol. The summed E-state index contributed by atoms with van der Waals surface area (Å²) in [6.07, 6.45) is 3.17. The zero-order chi connectivity index (χ0) is 13.7. The van der Waals surface area contributed by atoms with Crippen LogP contribution in [0.2, 0.25) is 0 Å². The average molecular weight is 259 g/mol. The third-order valence-electron chi connectivity index (χ3n) is 2.78. The molecule has 0 saturated carbocycles. The third kappa shape index (κ3) is 3.60. The molecule has 1 aromatic carbocycles. The van der Waals surface area contributed by atoms with E-state index in [0.717, 1.165) is 18.7 Å². The first-order valence-electron chi connectivity index (χ1n) is 5.88. The van der Waals surface area contributed by atoms with E-state index in [9.17, 15) is 4.39 Å². The Kier molecular flexibility index (Phi) is 4.21. The summed E-state index contributed by atoms with van der Waals surface area (Å²) in [5.41, 5.74) is 1.00. The van der Waals surface area contributed by atoms with E-state index in [0.29, 0.717) is 6.54 Å². The summed E-state index contributed by atoms with van der Waals surface area (Å²) in [7, 11) is 1.96. The molecule has 0 aliphatic carbocycles. The standard InChI is InChI=1S/C13H14FN5/c1-18(4-5-19-10-16-9-17-19)8-11-2-3-13(14)12(6-11)7-15/h2-3,6,9-10H,4-5,8H2,1H3. The second-order valence-corrected chi connectivity index (χ2v) is 4.32. The van der Waals surface area contributed by atoms with Gasteiger partial charge in [-0.3, -0.25) is 4.68 Å². The van der Waals surface area contributed by atoms with E-state index in [2.05, 4.69) is 15.0 Å². The normalized spacial score (nSPS) is 10.6. The molecule has 0 aliphatic rings. The Labute approximate surface area is 110 Å². The fourth-order valence-corrected chi connectivity index (χ4v) is 1.77. The number of aromatic nitrogens is 3. The predicted octanol–water partition coefficient (Wildman–Crippen LogP) is 1.42. The average Bonchev–Trinajstić information content (AvgIpc) is 2.92. The molecule has 0 fully saturated rings. The van der Waals surface area contributed by atoms with E-state index < -0.39 is 5.82 Å². The SMILES string of the molecule is CN(CCn1cncn1)Cc1ccc(F)c(C#N)c1. The van der Waals surface area contributed by atoms with Crippen molar-refractivity contribution >= 4 is 0 Å².